The lowest BCUT2D eigenvalue weighted by atomic mass is 10.1. The molecule has 1 aromatic heterocycles. The minimum absolute atomic E-state index is 0.0653. The number of hydrogen-bond donors (Lipinski definition) is 1. The van der Waals surface area contributed by atoms with Gasteiger partial charge in [0, 0.05) is 76.4 Å². The van der Waals surface area contributed by atoms with Gasteiger partial charge in [-0.05, 0) is 11.6 Å². The van der Waals surface area contributed by atoms with Crippen LogP contribution in [0.1, 0.15) is 12.5 Å². The molecule has 2 saturated heterocycles. The molecule has 0 radical (unpaired) electrons. The largest absolute Gasteiger partial charge is 0.361 e. The van der Waals surface area contributed by atoms with E-state index < -0.39 is 0 Å². The quantitative estimate of drug-likeness (QED) is 0.797. The van der Waals surface area contributed by atoms with Gasteiger partial charge in [-0.2, -0.15) is 0 Å². The van der Waals surface area contributed by atoms with Crippen molar-refractivity contribution in [1.82, 2.24) is 24.6 Å². The van der Waals surface area contributed by atoms with Crippen LogP contribution in [0, 0.1) is 0 Å². The SMILES string of the molecule is CC(=O)N1CCN(C(=O)CN2CCN(C(=O)Cc3c[nH]c4ccccc34)CC2)CC1. The molecule has 0 atom stereocenters. The monoisotopic (exact) mass is 411 g/mol. The number of piperazine rings is 2. The van der Waals surface area contributed by atoms with Crippen molar-refractivity contribution in [2.45, 2.75) is 13.3 Å². The number of nitrogens with zero attached hydrogens (tertiary/aromatic N) is 4. The second kappa shape index (κ2) is 8.87. The molecule has 1 aromatic carbocycles. The Kier molecular flexibility index (Phi) is 6.03. The van der Waals surface area contributed by atoms with Crippen LogP contribution in [0.3, 0.4) is 0 Å². The van der Waals surface area contributed by atoms with E-state index in [0.717, 1.165) is 16.5 Å². The summed E-state index contributed by atoms with van der Waals surface area (Å²) in [5.74, 6) is 0.304. The summed E-state index contributed by atoms with van der Waals surface area (Å²) in [5, 5.41) is 1.10. The standard InChI is InChI=1S/C22H29N5O3/c1-17(28)25-10-12-27(13-11-25)22(30)16-24-6-8-26(9-7-24)21(29)14-18-15-23-20-5-3-2-4-19(18)20/h2-5,15,23H,6-14,16H2,1H3. The topological polar surface area (TPSA) is 80.0 Å². The maximum Gasteiger partial charge on any atom is 0.236 e. The normalized spacial score (nSPS) is 18.1. The van der Waals surface area contributed by atoms with Gasteiger partial charge in [-0.1, -0.05) is 18.2 Å². The number of hydrogen-bond acceptors (Lipinski definition) is 4. The Balaban J connectivity index is 1.23. The Bertz CT molecular complexity index is 924. The number of carbonyl (C=O) groups excluding carboxylic acids is 3. The lowest BCUT2D eigenvalue weighted by Gasteiger charge is -2.37. The van der Waals surface area contributed by atoms with Crippen LogP contribution in [0.15, 0.2) is 30.5 Å². The third kappa shape index (κ3) is 4.48. The third-order valence-corrected chi connectivity index (χ3v) is 6.18. The number of aromatic nitrogens is 1. The van der Waals surface area contributed by atoms with E-state index in [1.54, 1.807) is 11.8 Å². The molecule has 160 valence electrons. The first kappa shape index (κ1) is 20.4. The number of para-hydroxylation sites is 1. The molecule has 0 unspecified atom stereocenters. The lowest BCUT2D eigenvalue weighted by Crippen LogP contribution is -2.55. The molecule has 2 aromatic rings. The van der Waals surface area contributed by atoms with Gasteiger partial charge in [0.25, 0.3) is 0 Å². The van der Waals surface area contributed by atoms with Crippen molar-refractivity contribution in [3.63, 3.8) is 0 Å². The van der Waals surface area contributed by atoms with Crippen LogP contribution < -0.4 is 0 Å². The average Bonchev–Trinajstić information content (AvgIpc) is 3.17. The second-order valence-corrected chi connectivity index (χ2v) is 8.08. The van der Waals surface area contributed by atoms with Crippen LogP contribution >= 0.6 is 0 Å². The van der Waals surface area contributed by atoms with Crippen molar-refractivity contribution >= 4 is 28.6 Å². The van der Waals surface area contributed by atoms with Gasteiger partial charge in [0.2, 0.25) is 17.7 Å². The molecule has 3 heterocycles. The summed E-state index contributed by atoms with van der Waals surface area (Å²) in [7, 11) is 0. The lowest BCUT2D eigenvalue weighted by molar-refractivity contribution is -0.140. The number of rotatable bonds is 4. The van der Waals surface area contributed by atoms with Crippen LogP contribution in [0.25, 0.3) is 10.9 Å². The molecule has 3 amide bonds. The zero-order valence-corrected chi connectivity index (χ0v) is 17.5. The summed E-state index contributed by atoms with van der Waals surface area (Å²) in [5.41, 5.74) is 2.07. The van der Waals surface area contributed by atoms with Gasteiger partial charge >= 0.3 is 0 Å². The van der Waals surface area contributed by atoms with Crippen molar-refractivity contribution in [2.24, 2.45) is 0 Å². The Morgan fingerprint density at radius 3 is 2.13 bits per heavy atom. The van der Waals surface area contributed by atoms with E-state index in [9.17, 15) is 14.4 Å². The summed E-state index contributed by atoms with van der Waals surface area (Å²) in [4.78, 5) is 47.6. The number of H-pyrrole nitrogens is 1. The van der Waals surface area contributed by atoms with Gasteiger partial charge in [0.05, 0.1) is 13.0 Å². The van der Waals surface area contributed by atoms with Gasteiger partial charge in [0.1, 0.15) is 0 Å². The molecule has 2 aliphatic rings. The molecule has 0 bridgehead atoms. The molecule has 0 spiro atoms. The number of aromatic amines is 1. The zero-order chi connectivity index (χ0) is 21.1. The molecule has 4 rings (SSSR count). The van der Waals surface area contributed by atoms with Gasteiger partial charge in [0.15, 0.2) is 0 Å². The highest BCUT2D eigenvalue weighted by molar-refractivity contribution is 5.89. The summed E-state index contributed by atoms with van der Waals surface area (Å²) in [6.45, 7) is 7.06. The van der Waals surface area contributed by atoms with Crippen LogP contribution in [-0.4, -0.2) is 101 Å². The van der Waals surface area contributed by atoms with Gasteiger partial charge in [-0.3, -0.25) is 19.3 Å². The second-order valence-electron chi connectivity index (χ2n) is 8.08. The van der Waals surface area contributed by atoms with E-state index >= 15 is 0 Å². The van der Waals surface area contributed by atoms with Gasteiger partial charge in [-0.15, -0.1) is 0 Å². The van der Waals surface area contributed by atoms with Crippen LogP contribution in [0.2, 0.25) is 0 Å². The van der Waals surface area contributed by atoms with Crippen molar-refractivity contribution in [2.75, 3.05) is 58.9 Å². The molecule has 2 aliphatic heterocycles. The molecule has 0 saturated carbocycles. The average molecular weight is 412 g/mol. The summed E-state index contributed by atoms with van der Waals surface area (Å²) in [6.07, 6.45) is 2.31. The molecule has 1 N–H and O–H groups in total. The Labute approximate surface area is 176 Å². The fourth-order valence-electron chi connectivity index (χ4n) is 4.27. The summed E-state index contributed by atoms with van der Waals surface area (Å²) >= 11 is 0. The predicted octanol–water partition coefficient (Wildman–Crippen LogP) is 0.545. The van der Waals surface area contributed by atoms with Crippen molar-refractivity contribution < 1.29 is 14.4 Å². The first-order chi connectivity index (χ1) is 14.5. The highest BCUT2D eigenvalue weighted by Crippen LogP contribution is 2.19. The van der Waals surface area contributed by atoms with E-state index in [4.69, 9.17) is 0 Å². The Morgan fingerprint density at radius 1 is 0.833 bits per heavy atom. The van der Waals surface area contributed by atoms with E-state index in [2.05, 4.69) is 9.88 Å². The van der Waals surface area contributed by atoms with Crippen molar-refractivity contribution in [3.05, 3.63) is 36.0 Å². The van der Waals surface area contributed by atoms with E-state index in [0.29, 0.717) is 65.3 Å². The van der Waals surface area contributed by atoms with Crippen molar-refractivity contribution in [3.8, 4) is 0 Å². The number of fused-ring (bicyclic) bond motifs is 1. The minimum atomic E-state index is 0.0653. The Hall–Kier alpha value is -2.87. The molecule has 8 nitrogen and oxygen atoms in total. The minimum Gasteiger partial charge on any atom is -0.361 e. The molecule has 2 fully saturated rings. The van der Waals surface area contributed by atoms with E-state index in [1.807, 2.05) is 40.3 Å². The maximum absolute atomic E-state index is 12.8. The molecule has 30 heavy (non-hydrogen) atoms. The fourth-order valence-corrected chi connectivity index (χ4v) is 4.27. The highest BCUT2D eigenvalue weighted by Gasteiger charge is 2.26. The molecular weight excluding hydrogens is 382 g/mol. The highest BCUT2D eigenvalue weighted by atomic mass is 16.2. The summed E-state index contributed by atoms with van der Waals surface area (Å²) in [6, 6.07) is 8.02. The number of nitrogens with one attached hydrogen (secondary N) is 1. The van der Waals surface area contributed by atoms with Gasteiger partial charge < -0.3 is 19.7 Å². The smallest absolute Gasteiger partial charge is 0.236 e. The van der Waals surface area contributed by atoms with Gasteiger partial charge in [-0.25, -0.2) is 0 Å². The predicted molar refractivity (Wildman–Crippen MR) is 114 cm³/mol. The zero-order valence-electron chi connectivity index (χ0n) is 17.5. The number of amides is 3. The molecule has 8 heteroatoms. The number of benzene rings is 1. The summed E-state index contributed by atoms with van der Waals surface area (Å²) < 4.78 is 0. The maximum atomic E-state index is 12.8. The van der Waals surface area contributed by atoms with E-state index in [1.165, 1.54) is 0 Å². The molecule has 0 aliphatic carbocycles. The van der Waals surface area contributed by atoms with Crippen LogP contribution in [0.5, 0.6) is 0 Å². The third-order valence-electron chi connectivity index (χ3n) is 6.18. The number of carbonyl (C=O) groups is 3. The fraction of sp³-hybridized carbons (Fsp3) is 0.500. The molecular formula is C22H29N5O3. The van der Waals surface area contributed by atoms with Crippen LogP contribution in [0.4, 0.5) is 0 Å². The van der Waals surface area contributed by atoms with Crippen LogP contribution in [-0.2, 0) is 20.8 Å². The Morgan fingerprint density at radius 2 is 1.43 bits per heavy atom. The first-order valence-electron chi connectivity index (χ1n) is 10.6. The first-order valence-corrected chi connectivity index (χ1v) is 10.6. The van der Waals surface area contributed by atoms with Crippen molar-refractivity contribution in [1.29, 1.82) is 0 Å². The van der Waals surface area contributed by atoms with E-state index in [-0.39, 0.29) is 17.7 Å².